The molecule has 0 saturated carbocycles. The second kappa shape index (κ2) is 5.44. The number of hydrogen-bond donors (Lipinski definition) is 2. The van der Waals surface area contributed by atoms with Crippen molar-refractivity contribution in [2.45, 2.75) is 26.8 Å². The lowest BCUT2D eigenvalue weighted by molar-refractivity contribution is 0.411. The summed E-state index contributed by atoms with van der Waals surface area (Å²) in [5, 5.41) is 9.99. The highest BCUT2D eigenvalue weighted by molar-refractivity contribution is 5.56. The molecular weight excluding hydrogens is 232 g/mol. The molecule has 0 spiro atoms. The molecule has 0 radical (unpaired) electrons. The summed E-state index contributed by atoms with van der Waals surface area (Å²) in [5.41, 5.74) is 0.971. The normalized spacial score (nSPS) is 10.4. The summed E-state index contributed by atoms with van der Waals surface area (Å²) < 4.78 is 4.68. The Morgan fingerprint density at radius 2 is 2.00 bits per heavy atom. The van der Waals surface area contributed by atoms with Gasteiger partial charge in [0.05, 0.1) is 6.54 Å². The van der Waals surface area contributed by atoms with Crippen LogP contribution in [0.2, 0.25) is 0 Å². The summed E-state index contributed by atoms with van der Waals surface area (Å²) in [6, 6.07) is 0. The molecule has 0 bridgehead atoms. The Balaban J connectivity index is 2.20. The number of aryl methyl sites for hydroxylation is 1. The highest BCUT2D eigenvalue weighted by Gasteiger charge is 2.09. The van der Waals surface area contributed by atoms with Gasteiger partial charge in [0.15, 0.2) is 5.82 Å². The smallest absolute Gasteiger partial charge is 0.213 e. The van der Waals surface area contributed by atoms with Crippen LogP contribution >= 0.6 is 0 Å². The van der Waals surface area contributed by atoms with Gasteiger partial charge < -0.3 is 15.2 Å². The zero-order chi connectivity index (χ0) is 13.0. The fourth-order valence-corrected chi connectivity index (χ4v) is 1.57. The van der Waals surface area contributed by atoms with Crippen molar-refractivity contribution in [1.29, 1.82) is 0 Å². The van der Waals surface area contributed by atoms with Gasteiger partial charge in [0.2, 0.25) is 6.39 Å². The third-order valence-corrected chi connectivity index (χ3v) is 2.57. The van der Waals surface area contributed by atoms with Crippen molar-refractivity contribution in [2.75, 3.05) is 17.7 Å². The molecule has 0 saturated heterocycles. The SMILES string of the molecule is CCc1nc(NC)c(C)c(NCc2ncon2)n1. The van der Waals surface area contributed by atoms with E-state index in [1.807, 2.05) is 20.9 Å². The summed E-state index contributed by atoms with van der Waals surface area (Å²) in [6.07, 6.45) is 2.09. The molecule has 0 aliphatic heterocycles. The summed E-state index contributed by atoms with van der Waals surface area (Å²) >= 11 is 0. The van der Waals surface area contributed by atoms with Crippen LogP contribution in [0.4, 0.5) is 11.6 Å². The minimum atomic E-state index is 0.473. The minimum absolute atomic E-state index is 0.473. The predicted molar refractivity (Wildman–Crippen MR) is 67.3 cm³/mol. The maximum Gasteiger partial charge on any atom is 0.213 e. The largest absolute Gasteiger partial charge is 0.373 e. The number of nitrogens with one attached hydrogen (secondary N) is 2. The molecule has 0 aliphatic carbocycles. The van der Waals surface area contributed by atoms with E-state index in [4.69, 9.17) is 0 Å². The van der Waals surface area contributed by atoms with Crippen LogP contribution in [-0.4, -0.2) is 27.2 Å². The molecule has 7 nitrogen and oxygen atoms in total. The molecule has 2 N–H and O–H groups in total. The van der Waals surface area contributed by atoms with Crippen LogP contribution in [-0.2, 0) is 13.0 Å². The van der Waals surface area contributed by atoms with Crippen molar-refractivity contribution in [3.8, 4) is 0 Å². The molecule has 2 rings (SSSR count). The van der Waals surface area contributed by atoms with Gasteiger partial charge in [-0.3, -0.25) is 0 Å². The Morgan fingerprint density at radius 3 is 2.61 bits per heavy atom. The van der Waals surface area contributed by atoms with E-state index in [1.54, 1.807) is 0 Å². The fraction of sp³-hybridized carbons (Fsp3) is 0.455. The van der Waals surface area contributed by atoms with Crippen molar-refractivity contribution in [1.82, 2.24) is 20.1 Å². The van der Waals surface area contributed by atoms with Gasteiger partial charge in [0.25, 0.3) is 0 Å². The van der Waals surface area contributed by atoms with Crippen LogP contribution in [0.5, 0.6) is 0 Å². The van der Waals surface area contributed by atoms with Crippen molar-refractivity contribution < 1.29 is 4.52 Å². The molecule has 0 unspecified atom stereocenters. The fourth-order valence-electron chi connectivity index (χ4n) is 1.57. The van der Waals surface area contributed by atoms with Crippen LogP contribution in [0.3, 0.4) is 0 Å². The lowest BCUT2D eigenvalue weighted by Crippen LogP contribution is -2.10. The van der Waals surface area contributed by atoms with E-state index in [-0.39, 0.29) is 0 Å². The van der Waals surface area contributed by atoms with Crippen LogP contribution in [0.25, 0.3) is 0 Å². The van der Waals surface area contributed by atoms with Gasteiger partial charge in [0.1, 0.15) is 17.5 Å². The molecule has 0 fully saturated rings. The molecule has 0 aliphatic rings. The first-order valence-electron chi connectivity index (χ1n) is 5.79. The maximum absolute atomic E-state index is 4.68. The summed E-state index contributed by atoms with van der Waals surface area (Å²) in [6.45, 7) is 4.46. The van der Waals surface area contributed by atoms with Crippen molar-refractivity contribution in [2.24, 2.45) is 0 Å². The maximum atomic E-state index is 4.68. The summed E-state index contributed by atoms with van der Waals surface area (Å²) in [4.78, 5) is 12.8. The number of nitrogens with zero attached hydrogens (tertiary/aromatic N) is 4. The molecular formula is C11H16N6O. The van der Waals surface area contributed by atoms with Crippen molar-refractivity contribution in [3.05, 3.63) is 23.6 Å². The molecule has 0 atom stereocenters. The zero-order valence-corrected chi connectivity index (χ0v) is 10.7. The Hall–Kier alpha value is -2.18. The highest BCUT2D eigenvalue weighted by Crippen LogP contribution is 2.20. The number of hydrogen-bond acceptors (Lipinski definition) is 7. The van der Waals surface area contributed by atoms with Crippen LogP contribution in [0, 0.1) is 6.92 Å². The third-order valence-electron chi connectivity index (χ3n) is 2.57. The average molecular weight is 248 g/mol. The van der Waals surface area contributed by atoms with E-state index >= 15 is 0 Å². The topological polar surface area (TPSA) is 88.8 Å². The Morgan fingerprint density at radius 1 is 1.22 bits per heavy atom. The first-order valence-corrected chi connectivity index (χ1v) is 5.79. The summed E-state index contributed by atoms with van der Waals surface area (Å²) in [5.74, 6) is 3.01. The molecule has 18 heavy (non-hydrogen) atoms. The van der Waals surface area contributed by atoms with E-state index in [2.05, 4.69) is 35.3 Å². The van der Waals surface area contributed by atoms with Gasteiger partial charge in [-0.15, -0.1) is 0 Å². The van der Waals surface area contributed by atoms with Gasteiger partial charge in [-0.05, 0) is 6.92 Å². The van der Waals surface area contributed by atoms with E-state index < -0.39 is 0 Å². The third kappa shape index (κ3) is 2.55. The number of rotatable bonds is 5. The minimum Gasteiger partial charge on any atom is -0.373 e. The second-order valence-electron chi connectivity index (χ2n) is 3.77. The molecule has 0 aromatic carbocycles. The van der Waals surface area contributed by atoms with Gasteiger partial charge in [-0.1, -0.05) is 12.1 Å². The molecule has 2 heterocycles. The van der Waals surface area contributed by atoms with Crippen LogP contribution in [0.15, 0.2) is 10.9 Å². The van der Waals surface area contributed by atoms with Gasteiger partial charge in [-0.25, -0.2) is 9.97 Å². The number of anilines is 2. The van der Waals surface area contributed by atoms with E-state index in [9.17, 15) is 0 Å². The second-order valence-corrected chi connectivity index (χ2v) is 3.77. The molecule has 2 aromatic heterocycles. The van der Waals surface area contributed by atoms with Crippen LogP contribution in [0.1, 0.15) is 24.1 Å². The van der Waals surface area contributed by atoms with E-state index in [0.717, 1.165) is 29.4 Å². The first-order chi connectivity index (χ1) is 8.74. The number of aromatic nitrogens is 4. The standard InChI is InChI=1S/C11H16N6O/c1-4-8-15-10(12-3)7(2)11(16-8)13-5-9-14-6-18-17-9/h6H,4-5H2,1-3H3,(H2,12,13,15,16). The van der Waals surface area contributed by atoms with Crippen LogP contribution < -0.4 is 10.6 Å². The molecule has 7 heteroatoms. The van der Waals surface area contributed by atoms with Gasteiger partial charge >= 0.3 is 0 Å². The van der Waals surface area contributed by atoms with Crippen molar-refractivity contribution >= 4 is 11.6 Å². The summed E-state index contributed by atoms with van der Waals surface area (Å²) in [7, 11) is 1.84. The van der Waals surface area contributed by atoms with E-state index in [1.165, 1.54) is 6.39 Å². The molecule has 0 amide bonds. The van der Waals surface area contributed by atoms with Gasteiger partial charge in [0, 0.05) is 19.0 Å². The zero-order valence-electron chi connectivity index (χ0n) is 10.7. The Kier molecular flexibility index (Phi) is 3.71. The van der Waals surface area contributed by atoms with Gasteiger partial charge in [-0.2, -0.15) is 4.98 Å². The molecule has 2 aromatic rings. The quantitative estimate of drug-likeness (QED) is 0.826. The Labute approximate surface area is 105 Å². The highest BCUT2D eigenvalue weighted by atomic mass is 16.5. The first kappa shape index (κ1) is 12.3. The predicted octanol–water partition coefficient (Wildman–Crippen LogP) is 1.38. The lowest BCUT2D eigenvalue weighted by Gasteiger charge is -2.12. The monoisotopic (exact) mass is 248 g/mol. The molecule has 96 valence electrons. The van der Waals surface area contributed by atoms with Crippen molar-refractivity contribution in [3.63, 3.8) is 0 Å². The average Bonchev–Trinajstić information content (AvgIpc) is 2.90. The Bertz CT molecular complexity index is 511. The van der Waals surface area contributed by atoms with E-state index in [0.29, 0.717) is 12.4 Å². The lowest BCUT2D eigenvalue weighted by atomic mass is 10.3.